The van der Waals surface area contributed by atoms with Gasteiger partial charge in [-0.25, -0.2) is 4.98 Å². The average Bonchev–Trinajstić information content (AvgIpc) is 3.42. The fraction of sp³-hybridized carbons (Fsp3) is 0.393. The summed E-state index contributed by atoms with van der Waals surface area (Å²) < 4.78 is 94.2. The summed E-state index contributed by atoms with van der Waals surface area (Å²) in [6.07, 6.45) is -7.52. The van der Waals surface area contributed by atoms with Gasteiger partial charge in [-0.2, -0.15) is 13.2 Å². The number of hydrogen-bond acceptors (Lipinski definition) is 10. The normalized spacial score (nSPS) is 17.4. The van der Waals surface area contributed by atoms with Crippen LogP contribution in [0.25, 0.3) is 22.5 Å². The van der Waals surface area contributed by atoms with E-state index in [0.717, 1.165) is 24.5 Å². The van der Waals surface area contributed by atoms with Gasteiger partial charge in [-0.15, -0.1) is 18.3 Å². The third-order valence-electron chi connectivity index (χ3n) is 6.86. The van der Waals surface area contributed by atoms with E-state index in [1.807, 2.05) is 0 Å². The fourth-order valence-electron chi connectivity index (χ4n) is 4.85. The molecule has 0 radical (unpaired) electrons. The summed E-state index contributed by atoms with van der Waals surface area (Å²) in [5.41, 5.74) is 0.399. The minimum absolute atomic E-state index is 0.0121. The molecule has 2 atom stereocenters. The Bertz CT molecular complexity index is 1580. The molecule has 16 heteroatoms. The van der Waals surface area contributed by atoms with Crippen LogP contribution in [0.15, 0.2) is 46.9 Å². The number of alkyl halides is 6. The van der Waals surface area contributed by atoms with E-state index in [0.29, 0.717) is 18.6 Å². The van der Waals surface area contributed by atoms with Crippen LogP contribution in [0.4, 0.5) is 43.7 Å². The minimum Gasteiger partial charge on any atom is -0.497 e. The van der Waals surface area contributed by atoms with Gasteiger partial charge in [-0.1, -0.05) is 17.2 Å². The van der Waals surface area contributed by atoms with Crippen molar-refractivity contribution in [1.29, 1.82) is 0 Å². The average molecular weight is 627 g/mol. The van der Waals surface area contributed by atoms with Crippen molar-refractivity contribution >= 4 is 28.3 Å². The zero-order chi connectivity index (χ0) is 31.5. The van der Waals surface area contributed by atoms with Gasteiger partial charge in [0, 0.05) is 35.4 Å². The first-order valence-electron chi connectivity index (χ1n) is 13.6. The molecule has 1 fully saturated rings. The van der Waals surface area contributed by atoms with E-state index in [-0.39, 0.29) is 52.5 Å². The number of fused-ring (bicyclic) bond motifs is 1. The van der Waals surface area contributed by atoms with Gasteiger partial charge in [-0.05, 0) is 55.5 Å². The van der Waals surface area contributed by atoms with Crippen LogP contribution in [0, 0.1) is 0 Å². The van der Waals surface area contributed by atoms with Crippen molar-refractivity contribution in [3.63, 3.8) is 0 Å². The molecule has 0 spiro atoms. The van der Waals surface area contributed by atoms with Crippen LogP contribution in [0.5, 0.6) is 11.5 Å². The van der Waals surface area contributed by atoms with Crippen molar-refractivity contribution < 1.29 is 45.3 Å². The molecule has 2 heterocycles. The Labute approximate surface area is 246 Å². The molecule has 1 saturated carbocycles. The first kappa shape index (κ1) is 31.0. The number of aliphatic hydroxyl groups is 1. The standard InChI is InChI=1S/C28H28F6N6O4/c1-42-19-7-5-15(6-8-19)13-35-21-12-22(25-39-40-26(43-25)37-16-3-2-4-18(41)9-16)38-24-20(21)10-17(36-14-27(29,30)31)11-23(24)44-28(32,33)34/h5-8,10-12,16,18,36,41H,2-4,9,13-14H2,1H3,(H,35,38)(H,37,40)/t16-,18+/m1/s1. The number of benzene rings is 2. The quantitative estimate of drug-likeness (QED) is 0.145. The molecular formula is C28H28F6N6O4. The summed E-state index contributed by atoms with van der Waals surface area (Å²) in [4.78, 5) is 4.29. The first-order chi connectivity index (χ1) is 20.8. The topological polar surface area (TPSA) is 127 Å². The van der Waals surface area contributed by atoms with Gasteiger partial charge in [0.2, 0.25) is 0 Å². The van der Waals surface area contributed by atoms with Crippen LogP contribution in [0.2, 0.25) is 0 Å². The molecular weight excluding hydrogens is 598 g/mol. The molecule has 0 bridgehead atoms. The molecule has 2 aromatic heterocycles. The maximum Gasteiger partial charge on any atom is 0.573 e. The highest BCUT2D eigenvalue weighted by Gasteiger charge is 2.33. The van der Waals surface area contributed by atoms with Crippen LogP contribution < -0.4 is 25.4 Å². The Morgan fingerprint density at radius 1 is 1.00 bits per heavy atom. The van der Waals surface area contributed by atoms with E-state index in [2.05, 4.69) is 35.9 Å². The molecule has 0 unspecified atom stereocenters. The van der Waals surface area contributed by atoms with Crippen LogP contribution in [-0.2, 0) is 6.54 Å². The van der Waals surface area contributed by atoms with Crippen molar-refractivity contribution in [1.82, 2.24) is 15.2 Å². The third kappa shape index (κ3) is 8.12. The SMILES string of the molecule is COc1ccc(CNc2cc(-c3nnc(N[C@@H]4CCC[C@H](O)C4)o3)nc3c(OC(F)(F)F)cc(NCC(F)(F)F)cc23)cc1. The van der Waals surface area contributed by atoms with Gasteiger partial charge in [0.1, 0.15) is 23.5 Å². The monoisotopic (exact) mass is 626 g/mol. The van der Waals surface area contributed by atoms with Crippen molar-refractivity contribution in [3.8, 4) is 23.1 Å². The molecule has 4 aromatic rings. The number of nitrogens with zero attached hydrogens (tertiary/aromatic N) is 3. The largest absolute Gasteiger partial charge is 0.573 e. The zero-order valence-electron chi connectivity index (χ0n) is 23.2. The Morgan fingerprint density at radius 3 is 2.45 bits per heavy atom. The van der Waals surface area contributed by atoms with E-state index in [1.54, 1.807) is 24.3 Å². The van der Waals surface area contributed by atoms with Gasteiger partial charge in [-0.3, -0.25) is 0 Å². The number of hydrogen-bond donors (Lipinski definition) is 4. The molecule has 236 valence electrons. The van der Waals surface area contributed by atoms with Gasteiger partial charge in [0.15, 0.2) is 5.75 Å². The lowest BCUT2D eigenvalue weighted by molar-refractivity contribution is -0.274. The highest BCUT2D eigenvalue weighted by atomic mass is 19.4. The van der Waals surface area contributed by atoms with Crippen molar-refractivity contribution in [2.45, 2.75) is 56.9 Å². The molecule has 2 aromatic carbocycles. The summed E-state index contributed by atoms with van der Waals surface area (Å²) in [5, 5.41) is 26.2. The minimum atomic E-state index is -5.17. The predicted molar refractivity (Wildman–Crippen MR) is 148 cm³/mol. The van der Waals surface area contributed by atoms with E-state index in [9.17, 15) is 31.4 Å². The molecule has 1 aliphatic carbocycles. The van der Waals surface area contributed by atoms with Crippen LogP contribution in [0.1, 0.15) is 31.2 Å². The van der Waals surface area contributed by atoms with E-state index < -0.39 is 30.9 Å². The van der Waals surface area contributed by atoms with Crippen molar-refractivity contribution in [3.05, 3.63) is 48.0 Å². The highest BCUT2D eigenvalue weighted by molar-refractivity contribution is 5.99. The summed E-state index contributed by atoms with van der Waals surface area (Å²) in [6.45, 7) is -1.31. The number of aromatic nitrogens is 3. The second-order valence-corrected chi connectivity index (χ2v) is 10.2. The predicted octanol–water partition coefficient (Wildman–Crippen LogP) is 6.49. The number of rotatable bonds is 10. The Balaban J connectivity index is 1.55. The second kappa shape index (κ2) is 12.6. The molecule has 0 saturated heterocycles. The molecule has 0 amide bonds. The van der Waals surface area contributed by atoms with Crippen molar-refractivity contribution in [2.75, 3.05) is 29.6 Å². The van der Waals surface area contributed by atoms with E-state index in [1.165, 1.54) is 19.2 Å². The van der Waals surface area contributed by atoms with Gasteiger partial charge in [0.05, 0.1) is 13.2 Å². The molecule has 1 aliphatic rings. The number of methoxy groups -OCH3 is 1. The van der Waals surface area contributed by atoms with Crippen LogP contribution in [-0.4, -0.2) is 58.6 Å². The van der Waals surface area contributed by atoms with Gasteiger partial charge >= 0.3 is 18.6 Å². The zero-order valence-corrected chi connectivity index (χ0v) is 23.2. The maximum absolute atomic E-state index is 13.4. The van der Waals surface area contributed by atoms with Gasteiger partial charge < -0.3 is 34.9 Å². The van der Waals surface area contributed by atoms with Crippen molar-refractivity contribution in [2.24, 2.45) is 0 Å². The Morgan fingerprint density at radius 2 is 1.77 bits per heavy atom. The summed E-state index contributed by atoms with van der Waals surface area (Å²) >= 11 is 0. The van der Waals surface area contributed by atoms with E-state index >= 15 is 0 Å². The summed E-state index contributed by atoms with van der Waals surface area (Å²) in [6, 6.07) is 10.4. The summed E-state index contributed by atoms with van der Waals surface area (Å²) in [7, 11) is 1.51. The highest BCUT2D eigenvalue weighted by Crippen LogP contribution is 2.39. The third-order valence-corrected chi connectivity index (χ3v) is 6.86. The number of aliphatic hydroxyl groups excluding tert-OH is 1. The maximum atomic E-state index is 13.4. The number of pyridine rings is 1. The number of halogens is 6. The van der Waals surface area contributed by atoms with Gasteiger partial charge in [0.25, 0.3) is 5.89 Å². The lowest BCUT2D eigenvalue weighted by atomic mass is 9.93. The second-order valence-electron chi connectivity index (χ2n) is 10.2. The smallest absolute Gasteiger partial charge is 0.497 e. The fourth-order valence-corrected chi connectivity index (χ4v) is 4.85. The first-order valence-corrected chi connectivity index (χ1v) is 13.6. The molecule has 4 N–H and O–H groups in total. The lowest BCUT2D eigenvalue weighted by Crippen LogP contribution is -2.29. The summed E-state index contributed by atoms with van der Waals surface area (Å²) in [5.74, 6) is -0.346. The molecule has 5 rings (SSSR count). The molecule has 0 aliphatic heterocycles. The Kier molecular flexibility index (Phi) is 8.90. The number of anilines is 3. The lowest BCUT2D eigenvalue weighted by Gasteiger charge is -2.25. The van der Waals surface area contributed by atoms with Crippen LogP contribution >= 0.6 is 0 Å². The Hall–Kier alpha value is -4.47. The molecule has 44 heavy (non-hydrogen) atoms. The van der Waals surface area contributed by atoms with Crippen LogP contribution in [0.3, 0.4) is 0 Å². The van der Waals surface area contributed by atoms with E-state index in [4.69, 9.17) is 9.15 Å². The number of nitrogens with one attached hydrogen (secondary N) is 3. The number of ether oxygens (including phenoxy) is 2. The molecule has 10 nitrogen and oxygen atoms in total.